The minimum atomic E-state index is 0.579. The fourth-order valence-corrected chi connectivity index (χ4v) is 8.30. The predicted octanol–water partition coefficient (Wildman–Crippen LogP) is 13.4. The number of aromatic nitrogens is 4. The SMILES string of the molecule is c1ccc(-c2nc(-c3ccc(-c4ccc5oc6cc(-c7ccc8c(c7)oc7ccccc78)ccc6c5c4)cc3)nc(-n3c4ccccc4c4ccccc43)n2)cc1. The van der Waals surface area contributed by atoms with Crippen LogP contribution < -0.4 is 0 Å². The zero-order valence-corrected chi connectivity index (χ0v) is 30.4. The first-order valence-corrected chi connectivity index (χ1v) is 19.0. The van der Waals surface area contributed by atoms with E-state index in [1.807, 2.05) is 48.5 Å². The lowest BCUT2D eigenvalue weighted by Gasteiger charge is -2.11. The van der Waals surface area contributed by atoms with Crippen LogP contribution in [0.2, 0.25) is 0 Å². The Morgan fingerprint density at radius 3 is 1.42 bits per heavy atom. The molecule has 12 aromatic rings. The van der Waals surface area contributed by atoms with E-state index in [9.17, 15) is 0 Å². The average molecular weight is 731 g/mol. The van der Waals surface area contributed by atoms with E-state index >= 15 is 0 Å². The normalized spacial score (nSPS) is 11.9. The van der Waals surface area contributed by atoms with Crippen LogP contribution in [-0.2, 0) is 0 Å². The van der Waals surface area contributed by atoms with Gasteiger partial charge < -0.3 is 8.83 Å². The molecule has 57 heavy (non-hydrogen) atoms. The van der Waals surface area contributed by atoms with Crippen molar-refractivity contribution in [2.24, 2.45) is 0 Å². The van der Waals surface area contributed by atoms with Gasteiger partial charge in [0.05, 0.1) is 11.0 Å². The van der Waals surface area contributed by atoms with Crippen molar-refractivity contribution in [3.8, 4) is 51.0 Å². The Balaban J connectivity index is 0.913. The molecule has 8 aromatic carbocycles. The van der Waals surface area contributed by atoms with E-state index in [2.05, 4.69) is 138 Å². The minimum absolute atomic E-state index is 0.579. The highest BCUT2D eigenvalue weighted by Crippen LogP contribution is 2.38. The van der Waals surface area contributed by atoms with Crippen molar-refractivity contribution in [3.63, 3.8) is 0 Å². The molecule has 0 aliphatic carbocycles. The van der Waals surface area contributed by atoms with Gasteiger partial charge in [0.2, 0.25) is 5.95 Å². The van der Waals surface area contributed by atoms with Gasteiger partial charge in [0.25, 0.3) is 0 Å². The Hall–Kier alpha value is -7.83. The van der Waals surface area contributed by atoms with Crippen molar-refractivity contribution in [3.05, 3.63) is 182 Å². The van der Waals surface area contributed by atoms with E-state index in [0.29, 0.717) is 17.6 Å². The molecule has 0 N–H and O–H groups in total. The number of fused-ring (bicyclic) bond motifs is 9. The lowest BCUT2D eigenvalue weighted by Crippen LogP contribution is -2.06. The number of para-hydroxylation sites is 3. The molecular weight excluding hydrogens is 701 g/mol. The molecule has 0 unspecified atom stereocenters. The molecule has 0 aliphatic rings. The summed E-state index contributed by atoms with van der Waals surface area (Å²) in [5.74, 6) is 1.81. The van der Waals surface area contributed by atoms with Crippen molar-refractivity contribution >= 4 is 65.7 Å². The lowest BCUT2D eigenvalue weighted by molar-refractivity contribution is 0.668. The van der Waals surface area contributed by atoms with Gasteiger partial charge in [-0.25, -0.2) is 4.98 Å². The van der Waals surface area contributed by atoms with E-state index in [1.165, 1.54) is 0 Å². The molecule has 4 heterocycles. The van der Waals surface area contributed by atoms with Crippen molar-refractivity contribution < 1.29 is 8.83 Å². The van der Waals surface area contributed by atoms with E-state index in [4.69, 9.17) is 23.8 Å². The Morgan fingerprint density at radius 2 is 0.754 bits per heavy atom. The largest absolute Gasteiger partial charge is 0.456 e. The highest BCUT2D eigenvalue weighted by molar-refractivity contribution is 6.10. The van der Waals surface area contributed by atoms with E-state index in [1.54, 1.807) is 0 Å². The van der Waals surface area contributed by atoms with Gasteiger partial charge in [-0.3, -0.25) is 4.57 Å². The molecule has 0 bridgehead atoms. The standard InChI is InChI=1S/C51H30N4O2/c1-2-10-32(11-3-1)49-52-50(54-51(53-49)55-43-15-7-4-12-37(43)38-13-5-8-16-44(38)55)33-20-18-31(19-21-33)34-24-27-46-42(28-34)41-26-23-36(30-48(41)57-46)35-22-25-40-39-14-6-9-17-45(39)56-47(40)29-35/h1-30H. The molecule has 266 valence electrons. The molecule has 0 saturated carbocycles. The van der Waals surface area contributed by atoms with E-state index in [-0.39, 0.29) is 0 Å². The van der Waals surface area contributed by atoms with Crippen molar-refractivity contribution in [2.45, 2.75) is 0 Å². The lowest BCUT2D eigenvalue weighted by atomic mass is 9.99. The summed E-state index contributed by atoms with van der Waals surface area (Å²) >= 11 is 0. The summed E-state index contributed by atoms with van der Waals surface area (Å²) in [6, 6.07) is 62.8. The Labute approximate surface area is 325 Å². The average Bonchev–Trinajstić information content (AvgIpc) is 3.95. The van der Waals surface area contributed by atoms with Crippen LogP contribution in [0.3, 0.4) is 0 Å². The van der Waals surface area contributed by atoms with Gasteiger partial charge in [0.15, 0.2) is 11.6 Å². The molecule has 0 saturated heterocycles. The smallest absolute Gasteiger partial charge is 0.238 e. The minimum Gasteiger partial charge on any atom is -0.456 e. The third-order valence-corrected chi connectivity index (χ3v) is 11.1. The van der Waals surface area contributed by atoms with Crippen LogP contribution in [0.4, 0.5) is 0 Å². The predicted molar refractivity (Wildman–Crippen MR) is 230 cm³/mol. The van der Waals surface area contributed by atoms with Crippen LogP contribution in [-0.4, -0.2) is 19.5 Å². The maximum atomic E-state index is 6.41. The van der Waals surface area contributed by atoms with E-state index < -0.39 is 0 Å². The Bertz CT molecular complexity index is 3470. The summed E-state index contributed by atoms with van der Waals surface area (Å²) in [5.41, 5.74) is 11.8. The Morgan fingerprint density at radius 1 is 0.298 bits per heavy atom. The highest BCUT2D eigenvalue weighted by atomic mass is 16.3. The van der Waals surface area contributed by atoms with Crippen LogP contribution in [0.5, 0.6) is 0 Å². The molecule has 0 spiro atoms. The molecule has 0 fully saturated rings. The summed E-state index contributed by atoms with van der Waals surface area (Å²) in [4.78, 5) is 15.2. The van der Waals surface area contributed by atoms with Crippen LogP contribution >= 0.6 is 0 Å². The van der Waals surface area contributed by atoms with Crippen LogP contribution in [0.15, 0.2) is 191 Å². The zero-order valence-electron chi connectivity index (χ0n) is 30.4. The van der Waals surface area contributed by atoms with Gasteiger partial charge in [-0.05, 0) is 76.9 Å². The molecule has 4 aromatic heterocycles. The van der Waals surface area contributed by atoms with E-state index in [0.717, 1.165) is 99.1 Å². The van der Waals surface area contributed by atoms with Crippen molar-refractivity contribution in [1.82, 2.24) is 19.5 Å². The summed E-state index contributed by atoms with van der Waals surface area (Å²) in [7, 11) is 0. The summed E-state index contributed by atoms with van der Waals surface area (Å²) < 4.78 is 14.7. The third kappa shape index (κ3) is 5.08. The van der Waals surface area contributed by atoms with Crippen molar-refractivity contribution in [1.29, 1.82) is 0 Å². The summed E-state index contributed by atoms with van der Waals surface area (Å²) in [6.45, 7) is 0. The first-order chi connectivity index (χ1) is 28.2. The first-order valence-electron chi connectivity index (χ1n) is 19.0. The fraction of sp³-hybridized carbons (Fsp3) is 0. The molecule has 0 aliphatic heterocycles. The van der Waals surface area contributed by atoms with Gasteiger partial charge in [0.1, 0.15) is 22.3 Å². The number of benzene rings is 8. The monoisotopic (exact) mass is 730 g/mol. The van der Waals surface area contributed by atoms with Gasteiger partial charge in [-0.1, -0.05) is 127 Å². The second-order valence-corrected chi connectivity index (χ2v) is 14.4. The molecular formula is C51H30N4O2. The number of hydrogen-bond acceptors (Lipinski definition) is 5. The molecule has 0 atom stereocenters. The number of hydrogen-bond donors (Lipinski definition) is 0. The van der Waals surface area contributed by atoms with Gasteiger partial charge in [0, 0.05) is 43.4 Å². The fourth-order valence-electron chi connectivity index (χ4n) is 8.30. The zero-order chi connectivity index (χ0) is 37.5. The maximum absolute atomic E-state index is 6.41. The molecule has 0 amide bonds. The topological polar surface area (TPSA) is 69.9 Å². The molecule has 6 nitrogen and oxygen atoms in total. The third-order valence-electron chi connectivity index (χ3n) is 11.1. The number of rotatable bonds is 5. The second-order valence-electron chi connectivity index (χ2n) is 14.4. The summed E-state index contributed by atoms with van der Waals surface area (Å²) in [6.07, 6.45) is 0. The van der Waals surface area contributed by atoms with Crippen LogP contribution in [0, 0.1) is 0 Å². The first kappa shape index (κ1) is 31.5. The summed E-state index contributed by atoms with van der Waals surface area (Å²) in [5, 5.41) is 6.72. The molecule has 12 rings (SSSR count). The number of furan rings is 2. The molecule has 0 radical (unpaired) electrons. The van der Waals surface area contributed by atoms with Gasteiger partial charge in [-0.2, -0.15) is 9.97 Å². The molecule has 6 heteroatoms. The number of nitrogens with zero attached hydrogens (tertiary/aromatic N) is 4. The van der Waals surface area contributed by atoms with Gasteiger partial charge >= 0.3 is 0 Å². The highest BCUT2D eigenvalue weighted by Gasteiger charge is 2.18. The van der Waals surface area contributed by atoms with Crippen molar-refractivity contribution in [2.75, 3.05) is 0 Å². The van der Waals surface area contributed by atoms with Crippen LogP contribution in [0.1, 0.15) is 0 Å². The van der Waals surface area contributed by atoms with Gasteiger partial charge in [-0.15, -0.1) is 0 Å². The Kier molecular flexibility index (Phi) is 6.83. The van der Waals surface area contributed by atoms with Crippen LogP contribution in [0.25, 0.3) is 117 Å². The second kappa shape index (κ2) is 12.3. The quantitative estimate of drug-likeness (QED) is 0.176. The maximum Gasteiger partial charge on any atom is 0.238 e.